The fraction of sp³-hybridized carbons (Fsp3) is 0.500. The molecule has 0 spiro atoms. The average Bonchev–Trinajstić information content (AvgIpc) is 2.84. The zero-order valence-electron chi connectivity index (χ0n) is 10.6. The number of carboxylic acids is 1. The molecule has 1 saturated heterocycles. The Morgan fingerprint density at radius 2 is 2.39 bits per heavy atom. The van der Waals surface area contributed by atoms with E-state index in [4.69, 9.17) is 9.84 Å². The first kappa shape index (κ1) is 12.7. The van der Waals surface area contributed by atoms with Crippen molar-refractivity contribution in [2.75, 3.05) is 18.6 Å². The van der Waals surface area contributed by atoms with Crippen LogP contribution < -0.4 is 9.64 Å². The molecule has 1 aromatic rings. The molecule has 1 atom stereocenters. The average molecular weight is 249 g/mol. The molecule has 1 N–H and O–H groups in total. The fourth-order valence-corrected chi connectivity index (χ4v) is 2.55. The number of ether oxygens (including phenoxy) is 1. The first-order chi connectivity index (χ1) is 8.70. The van der Waals surface area contributed by atoms with Crippen molar-refractivity contribution in [1.82, 2.24) is 0 Å². The number of carbonyl (C=O) groups is 1. The molecule has 4 nitrogen and oxygen atoms in total. The van der Waals surface area contributed by atoms with E-state index in [0.717, 1.165) is 30.8 Å². The van der Waals surface area contributed by atoms with E-state index in [-0.39, 0.29) is 6.42 Å². The van der Waals surface area contributed by atoms with Crippen LogP contribution in [0.2, 0.25) is 0 Å². The van der Waals surface area contributed by atoms with E-state index in [1.54, 1.807) is 7.11 Å². The number of anilines is 1. The summed E-state index contributed by atoms with van der Waals surface area (Å²) in [7, 11) is 1.66. The Bertz CT molecular complexity index is 419. The quantitative estimate of drug-likeness (QED) is 0.871. The lowest BCUT2D eigenvalue weighted by molar-refractivity contribution is -0.137. The molecule has 1 heterocycles. The fourth-order valence-electron chi connectivity index (χ4n) is 2.55. The largest absolute Gasteiger partial charge is 0.497 e. The van der Waals surface area contributed by atoms with Crippen LogP contribution in [0, 0.1) is 0 Å². The van der Waals surface area contributed by atoms with Crippen LogP contribution in [-0.4, -0.2) is 30.8 Å². The summed E-state index contributed by atoms with van der Waals surface area (Å²) in [6.45, 7) is 0.997. The number of carboxylic acid groups (broad SMARTS) is 1. The van der Waals surface area contributed by atoms with Crippen molar-refractivity contribution in [3.05, 3.63) is 24.3 Å². The van der Waals surface area contributed by atoms with Gasteiger partial charge in [-0.15, -0.1) is 0 Å². The summed E-state index contributed by atoms with van der Waals surface area (Å²) in [4.78, 5) is 13.0. The maximum atomic E-state index is 10.7. The molecule has 1 unspecified atom stereocenters. The van der Waals surface area contributed by atoms with E-state index in [9.17, 15) is 4.79 Å². The topological polar surface area (TPSA) is 49.8 Å². The van der Waals surface area contributed by atoms with Crippen molar-refractivity contribution in [3.8, 4) is 5.75 Å². The van der Waals surface area contributed by atoms with E-state index >= 15 is 0 Å². The molecule has 2 rings (SSSR count). The van der Waals surface area contributed by atoms with Gasteiger partial charge in [0.05, 0.1) is 7.11 Å². The van der Waals surface area contributed by atoms with Crippen LogP contribution in [-0.2, 0) is 4.79 Å². The Morgan fingerprint density at radius 3 is 3.11 bits per heavy atom. The maximum Gasteiger partial charge on any atom is 0.303 e. The first-order valence-corrected chi connectivity index (χ1v) is 6.33. The van der Waals surface area contributed by atoms with E-state index in [1.807, 2.05) is 18.2 Å². The molecule has 98 valence electrons. The summed E-state index contributed by atoms with van der Waals surface area (Å²) in [6.07, 6.45) is 3.16. The molecule has 0 bridgehead atoms. The number of benzene rings is 1. The Morgan fingerprint density at radius 1 is 1.56 bits per heavy atom. The van der Waals surface area contributed by atoms with Gasteiger partial charge in [-0.25, -0.2) is 0 Å². The third-order valence-electron chi connectivity index (χ3n) is 3.45. The number of methoxy groups -OCH3 is 1. The lowest BCUT2D eigenvalue weighted by Gasteiger charge is -2.26. The standard InChI is InChI=1S/C14H19NO3/c1-18-13-6-2-4-12(10-13)15-9-3-5-11(15)7-8-14(16)17/h2,4,6,10-11H,3,5,7-9H2,1H3,(H,16,17). The molecular formula is C14H19NO3. The highest BCUT2D eigenvalue weighted by atomic mass is 16.5. The summed E-state index contributed by atoms with van der Waals surface area (Å²) in [5.41, 5.74) is 1.13. The number of hydrogen-bond acceptors (Lipinski definition) is 3. The summed E-state index contributed by atoms with van der Waals surface area (Å²) >= 11 is 0. The van der Waals surface area contributed by atoms with Crippen LogP contribution >= 0.6 is 0 Å². The second-order valence-electron chi connectivity index (χ2n) is 4.62. The number of hydrogen-bond donors (Lipinski definition) is 1. The Labute approximate surface area is 107 Å². The summed E-state index contributed by atoms with van der Waals surface area (Å²) in [5, 5.41) is 8.77. The van der Waals surface area contributed by atoms with E-state index in [2.05, 4.69) is 11.0 Å². The molecular weight excluding hydrogens is 230 g/mol. The van der Waals surface area contributed by atoms with Gasteiger partial charge in [0.25, 0.3) is 0 Å². The van der Waals surface area contributed by atoms with Crippen LogP contribution in [0.1, 0.15) is 25.7 Å². The SMILES string of the molecule is COc1cccc(N2CCCC2CCC(=O)O)c1. The van der Waals surface area contributed by atoms with Gasteiger partial charge in [0.2, 0.25) is 0 Å². The van der Waals surface area contributed by atoms with Gasteiger partial charge < -0.3 is 14.7 Å². The van der Waals surface area contributed by atoms with Gasteiger partial charge in [-0.3, -0.25) is 4.79 Å². The van der Waals surface area contributed by atoms with Crippen molar-refractivity contribution in [2.45, 2.75) is 31.7 Å². The van der Waals surface area contributed by atoms with Crippen molar-refractivity contribution in [1.29, 1.82) is 0 Å². The second kappa shape index (κ2) is 5.76. The number of aliphatic carboxylic acids is 1. The van der Waals surface area contributed by atoms with Crippen LogP contribution in [0.4, 0.5) is 5.69 Å². The van der Waals surface area contributed by atoms with Crippen molar-refractivity contribution in [2.24, 2.45) is 0 Å². The minimum absolute atomic E-state index is 0.241. The number of nitrogens with zero attached hydrogens (tertiary/aromatic N) is 1. The third kappa shape index (κ3) is 2.94. The molecule has 1 fully saturated rings. The molecule has 1 aliphatic heterocycles. The van der Waals surface area contributed by atoms with Gasteiger partial charge in [-0.05, 0) is 31.4 Å². The Balaban J connectivity index is 2.07. The molecule has 0 amide bonds. The smallest absolute Gasteiger partial charge is 0.303 e. The van der Waals surface area contributed by atoms with Crippen molar-refractivity contribution < 1.29 is 14.6 Å². The van der Waals surface area contributed by atoms with Crippen LogP contribution in [0.15, 0.2) is 24.3 Å². The second-order valence-corrected chi connectivity index (χ2v) is 4.62. The van der Waals surface area contributed by atoms with Gasteiger partial charge in [-0.2, -0.15) is 0 Å². The molecule has 0 radical (unpaired) electrons. The van der Waals surface area contributed by atoms with Gasteiger partial charge in [0.15, 0.2) is 0 Å². The first-order valence-electron chi connectivity index (χ1n) is 6.33. The van der Waals surface area contributed by atoms with Crippen LogP contribution in [0.5, 0.6) is 5.75 Å². The zero-order valence-corrected chi connectivity index (χ0v) is 10.6. The molecule has 0 aliphatic carbocycles. The third-order valence-corrected chi connectivity index (χ3v) is 3.45. The number of rotatable bonds is 5. The maximum absolute atomic E-state index is 10.7. The minimum Gasteiger partial charge on any atom is -0.497 e. The highest BCUT2D eigenvalue weighted by Gasteiger charge is 2.25. The Hall–Kier alpha value is -1.71. The summed E-state index contributed by atoms with van der Waals surface area (Å²) in [6, 6.07) is 8.31. The molecule has 1 aliphatic rings. The predicted molar refractivity (Wildman–Crippen MR) is 70.2 cm³/mol. The molecule has 18 heavy (non-hydrogen) atoms. The van der Waals surface area contributed by atoms with Gasteiger partial charge in [-0.1, -0.05) is 6.07 Å². The van der Waals surface area contributed by atoms with Crippen LogP contribution in [0.25, 0.3) is 0 Å². The lowest BCUT2D eigenvalue weighted by Crippen LogP contribution is -2.29. The monoisotopic (exact) mass is 249 g/mol. The predicted octanol–water partition coefficient (Wildman–Crippen LogP) is 2.53. The van der Waals surface area contributed by atoms with Gasteiger partial charge in [0, 0.05) is 30.8 Å². The van der Waals surface area contributed by atoms with Crippen molar-refractivity contribution >= 4 is 11.7 Å². The summed E-state index contributed by atoms with van der Waals surface area (Å²) in [5.74, 6) is 0.129. The van der Waals surface area contributed by atoms with Gasteiger partial charge >= 0.3 is 5.97 Å². The van der Waals surface area contributed by atoms with Crippen LogP contribution in [0.3, 0.4) is 0 Å². The molecule has 0 aromatic heterocycles. The lowest BCUT2D eigenvalue weighted by atomic mass is 10.1. The minimum atomic E-state index is -0.715. The zero-order chi connectivity index (χ0) is 13.0. The molecule has 4 heteroatoms. The highest BCUT2D eigenvalue weighted by Crippen LogP contribution is 2.30. The van der Waals surface area contributed by atoms with E-state index in [0.29, 0.717) is 12.5 Å². The Kier molecular flexibility index (Phi) is 4.07. The molecule has 0 saturated carbocycles. The normalized spacial score (nSPS) is 18.9. The van der Waals surface area contributed by atoms with E-state index in [1.165, 1.54) is 0 Å². The summed E-state index contributed by atoms with van der Waals surface area (Å²) < 4.78 is 5.23. The van der Waals surface area contributed by atoms with E-state index < -0.39 is 5.97 Å². The molecule has 1 aromatic carbocycles. The van der Waals surface area contributed by atoms with Gasteiger partial charge in [0.1, 0.15) is 5.75 Å². The highest BCUT2D eigenvalue weighted by molar-refractivity contribution is 5.66. The van der Waals surface area contributed by atoms with Crippen molar-refractivity contribution in [3.63, 3.8) is 0 Å².